The van der Waals surface area contributed by atoms with Crippen molar-refractivity contribution < 1.29 is 0 Å². The first-order chi connectivity index (χ1) is 7.33. The topological polar surface area (TPSA) is 12.0 Å². The van der Waals surface area contributed by atoms with Crippen LogP contribution in [0.15, 0.2) is 0 Å². The zero-order chi connectivity index (χ0) is 9.99. The van der Waals surface area contributed by atoms with Crippen molar-refractivity contribution in [2.45, 2.75) is 57.5 Å². The average Bonchev–Trinajstić information content (AvgIpc) is 3.08. The van der Waals surface area contributed by atoms with Crippen LogP contribution in [0.1, 0.15) is 45.4 Å². The van der Waals surface area contributed by atoms with Crippen LogP contribution in [0.5, 0.6) is 0 Å². The molecule has 0 aromatic carbocycles. The highest BCUT2D eigenvalue weighted by Crippen LogP contribution is 2.65. The number of hydrogen-bond acceptors (Lipinski definition) is 1. The molecule has 0 saturated heterocycles. The summed E-state index contributed by atoms with van der Waals surface area (Å²) in [6.07, 6.45) is 9.17. The van der Waals surface area contributed by atoms with E-state index in [0.29, 0.717) is 0 Å². The van der Waals surface area contributed by atoms with E-state index < -0.39 is 0 Å². The molecule has 0 heterocycles. The molecular formula is C14H23N. The van der Waals surface area contributed by atoms with Crippen molar-refractivity contribution in [1.82, 2.24) is 5.32 Å². The van der Waals surface area contributed by atoms with Gasteiger partial charge in [0.05, 0.1) is 0 Å². The van der Waals surface area contributed by atoms with Crippen LogP contribution in [0.4, 0.5) is 0 Å². The fourth-order valence-electron chi connectivity index (χ4n) is 4.80. The lowest BCUT2D eigenvalue weighted by atomic mass is 10.0. The largest absolute Gasteiger partial charge is 0.311 e. The van der Waals surface area contributed by atoms with E-state index in [0.717, 1.165) is 41.7 Å². The van der Waals surface area contributed by atoms with Crippen molar-refractivity contribution >= 4 is 0 Å². The summed E-state index contributed by atoms with van der Waals surface area (Å²) in [6.45, 7) is 2.41. The molecule has 2 bridgehead atoms. The second-order valence-electron chi connectivity index (χ2n) is 6.76. The lowest BCUT2D eigenvalue weighted by Gasteiger charge is -2.16. The minimum Gasteiger partial charge on any atom is -0.311 e. The van der Waals surface area contributed by atoms with Crippen molar-refractivity contribution in [3.05, 3.63) is 0 Å². The maximum absolute atomic E-state index is 3.93. The van der Waals surface area contributed by atoms with Crippen LogP contribution in [-0.2, 0) is 0 Å². The van der Waals surface area contributed by atoms with Gasteiger partial charge in [0.15, 0.2) is 0 Å². The first kappa shape index (κ1) is 9.04. The first-order valence-electron chi connectivity index (χ1n) is 7.09. The van der Waals surface area contributed by atoms with Gasteiger partial charge in [-0.15, -0.1) is 0 Å². The van der Waals surface area contributed by atoms with Gasteiger partial charge in [-0.1, -0.05) is 12.8 Å². The van der Waals surface area contributed by atoms with Crippen LogP contribution in [0.25, 0.3) is 0 Å². The summed E-state index contributed by atoms with van der Waals surface area (Å²) >= 11 is 0. The highest BCUT2D eigenvalue weighted by Gasteiger charge is 2.64. The van der Waals surface area contributed by atoms with Gasteiger partial charge in [-0.05, 0) is 62.2 Å². The average molecular weight is 205 g/mol. The molecule has 4 fully saturated rings. The molecular weight excluding hydrogens is 182 g/mol. The number of nitrogens with one attached hydrogen (secondary N) is 1. The summed E-state index contributed by atoms with van der Waals surface area (Å²) < 4.78 is 0. The standard InChI is InChI=1S/C14H23N/c1-8(6-9-2-3-9)15-14-12-10-4-5-11(7-10)13(12)14/h8-15H,2-7H2,1H3. The monoisotopic (exact) mass is 205 g/mol. The zero-order valence-electron chi connectivity index (χ0n) is 9.78. The van der Waals surface area contributed by atoms with Crippen LogP contribution in [0.2, 0.25) is 0 Å². The third kappa shape index (κ3) is 1.39. The Balaban J connectivity index is 1.33. The van der Waals surface area contributed by atoms with Gasteiger partial charge in [0.2, 0.25) is 0 Å². The fourth-order valence-corrected chi connectivity index (χ4v) is 4.80. The molecule has 5 atom stereocenters. The van der Waals surface area contributed by atoms with E-state index in [1.54, 1.807) is 19.3 Å². The van der Waals surface area contributed by atoms with Gasteiger partial charge in [0.1, 0.15) is 0 Å². The second kappa shape index (κ2) is 3.00. The second-order valence-corrected chi connectivity index (χ2v) is 6.76. The van der Waals surface area contributed by atoms with E-state index in [2.05, 4.69) is 12.2 Å². The summed E-state index contributed by atoms with van der Waals surface area (Å²) in [5, 5.41) is 3.93. The van der Waals surface area contributed by atoms with Gasteiger partial charge >= 0.3 is 0 Å². The molecule has 0 radical (unpaired) electrons. The van der Waals surface area contributed by atoms with Gasteiger partial charge in [-0.2, -0.15) is 0 Å². The molecule has 4 aliphatic rings. The number of hydrogen-bond donors (Lipinski definition) is 1. The molecule has 15 heavy (non-hydrogen) atoms. The van der Waals surface area contributed by atoms with Crippen LogP contribution in [0.3, 0.4) is 0 Å². The fraction of sp³-hybridized carbons (Fsp3) is 1.00. The Morgan fingerprint density at radius 1 is 1.07 bits per heavy atom. The molecule has 1 N–H and O–H groups in total. The zero-order valence-corrected chi connectivity index (χ0v) is 9.78. The van der Waals surface area contributed by atoms with E-state index >= 15 is 0 Å². The highest BCUT2D eigenvalue weighted by atomic mass is 15.0. The van der Waals surface area contributed by atoms with E-state index in [9.17, 15) is 0 Å². The predicted octanol–water partition coefficient (Wildman–Crippen LogP) is 2.81. The van der Waals surface area contributed by atoms with Crippen LogP contribution in [-0.4, -0.2) is 12.1 Å². The Hall–Kier alpha value is -0.0400. The molecule has 5 unspecified atom stereocenters. The molecule has 0 aliphatic heterocycles. The van der Waals surface area contributed by atoms with Crippen molar-refractivity contribution in [3.8, 4) is 0 Å². The van der Waals surface area contributed by atoms with Crippen molar-refractivity contribution in [1.29, 1.82) is 0 Å². The molecule has 0 amide bonds. The molecule has 1 heteroatoms. The summed E-state index contributed by atoms with van der Waals surface area (Å²) in [6, 6.07) is 1.75. The van der Waals surface area contributed by atoms with Crippen molar-refractivity contribution in [3.63, 3.8) is 0 Å². The summed E-state index contributed by atoms with van der Waals surface area (Å²) in [4.78, 5) is 0. The summed E-state index contributed by atoms with van der Waals surface area (Å²) in [7, 11) is 0. The SMILES string of the molecule is CC(CC1CC1)NC1C2C3CCC(C3)C12. The minimum absolute atomic E-state index is 0.799. The third-order valence-corrected chi connectivity index (χ3v) is 5.60. The summed E-state index contributed by atoms with van der Waals surface area (Å²) in [5.74, 6) is 5.58. The van der Waals surface area contributed by atoms with Crippen molar-refractivity contribution in [2.24, 2.45) is 29.6 Å². The molecule has 0 spiro atoms. The van der Waals surface area contributed by atoms with E-state index in [4.69, 9.17) is 0 Å². The number of fused-ring (bicyclic) bond motifs is 5. The Morgan fingerprint density at radius 3 is 2.33 bits per heavy atom. The summed E-state index contributed by atoms with van der Waals surface area (Å²) in [5.41, 5.74) is 0. The quantitative estimate of drug-likeness (QED) is 0.744. The van der Waals surface area contributed by atoms with Gasteiger partial charge < -0.3 is 5.32 Å². The smallest absolute Gasteiger partial charge is 0.0138 e. The maximum Gasteiger partial charge on any atom is 0.0138 e. The molecule has 0 aromatic heterocycles. The lowest BCUT2D eigenvalue weighted by Crippen LogP contribution is -2.32. The van der Waals surface area contributed by atoms with E-state index in [-0.39, 0.29) is 0 Å². The van der Waals surface area contributed by atoms with Crippen LogP contribution >= 0.6 is 0 Å². The number of rotatable bonds is 4. The van der Waals surface area contributed by atoms with Gasteiger partial charge in [0.25, 0.3) is 0 Å². The van der Waals surface area contributed by atoms with Gasteiger partial charge in [-0.25, -0.2) is 0 Å². The molecule has 1 nitrogen and oxygen atoms in total. The normalized spacial score (nSPS) is 53.0. The van der Waals surface area contributed by atoms with E-state index in [1.807, 2.05) is 0 Å². The lowest BCUT2D eigenvalue weighted by molar-refractivity contribution is 0.407. The first-order valence-corrected chi connectivity index (χ1v) is 7.09. The minimum atomic E-state index is 0.799. The molecule has 0 aromatic rings. The molecule has 4 saturated carbocycles. The Kier molecular flexibility index (Phi) is 1.81. The maximum atomic E-state index is 3.93. The Bertz CT molecular complexity index is 255. The van der Waals surface area contributed by atoms with Gasteiger partial charge in [0, 0.05) is 12.1 Å². The Labute approximate surface area is 93.0 Å². The third-order valence-electron chi connectivity index (χ3n) is 5.60. The van der Waals surface area contributed by atoms with E-state index in [1.165, 1.54) is 19.3 Å². The molecule has 4 aliphatic carbocycles. The molecule has 84 valence electrons. The van der Waals surface area contributed by atoms with Crippen LogP contribution in [0, 0.1) is 29.6 Å². The van der Waals surface area contributed by atoms with Gasteiger partial charge in [-0.3, -0.25) is 0 Å². The van der Waals surface area contributed by atoms with Crippen LogP contribution < -0.4 is 5.32 Å². The predicted molar refractivity (Wildman–Crippen MR) is 61.5 cm³/mol. The molecule has 4 rings (SSSR count). The van der Waals surface area contributed by atoms with Crippen molar-refractivity contribution in [2.75, 3.05) is 0 Å². The highest BCUT2D eigenvalue weighted by molar-refractivity contribution is 5.17. The Morgan fingerprint density at radius 2 is 1.73 bits per heavy atom.